The fourth-order valence-electron chi connectivity index (χ4n) is 12.1. The normalized spacial score (nSPS) is 23.5. The van der Waals surface area contributed by atoms with E-state index < -0.39 is 119 Å². The molecule has 1 saturated heterocycles. The molecular formula is C67H97ClN10O17. The summed E-state index contributed by atoms with van der Waals surface area (Å²) in [6, 6.07) is 8.84. The molecule has 2 fully saturated rings. The number of benzene rings is 2. The quantitative estimate of drug-likeness (QED) is 0.0258. The summed E-state index contributed by atoms with van der Waals surface area (Å²) in [5.41, 5.74) is 4.27. The lowest BCUT2D eigenvalue weighted by atomic mass is 9.83. The number of nitrogens with zero attached hydrogens (tertiary/aromatic N) is 4. The van der Waals surface area contributed by atoms with Gasteiger partial charge in [-0.2, -0.15) is 0 Å². The van der Waals surface area contributed by atoms with Gasteiger partial charge in [-0.15, -0.1) is 0 Å². The van der Waals surface area contributed by atoms with Crippen LogP contribution in [-0.4, -0.2) is 202 Å². The molecule has 3 aromatic rings. The number of aromatic nitrogens is 1. The third-order valence-corrected chi connectivity index (χ3v) is 18.5. The predicted molar refractivity (Wildman–Crippen MR) is 353 cm³/mol. The first kappa shape index (κ1) is 76.4. The van der Waals surface area contributed by atoms with Crippen molar-refractivity contribution in [3.63, 3.8) is 0 Å². The number of aliphatic hydroxyl groups is 1. The van der Waals surface area contributed by atoms with E-state index in [9.17, 15) is 53.4 Å². The number of ether oxygens (including phenoxy) is 6. The number of fused-ring (bicyclic) bond motifs is 6. The number of likely N-dealkylation sites (N-methyl/N-ethyl adjacent to an activating group) is 1. The van der Waals surface area contributed by atoms with Crippen molar-refractivity contribution in [3.05, 3.63) is 82.5 Å². The number of para-hydroxylation sites is 1. The highest BCUT2D eigenvalue weighted by Gasteiger charge is 2.62. The number of hydrazine groups is 1. The molecule has 4 bridgehead atoms. The molecule has 1 unspecified atom stereocenters. The van der Waals surface area contributed by atoms with Gasteiger partial charge in [-0.25, -0.2) is 14.6 Å². The third kappa shape index (κ3) is 20.7. The number of carboxylic acid groups (broad SMARTS) is 1. The van der Waals surface area contributed by atoms with Gasteiger partial charge in [0.2, 0.25) is 35.4 Å². The Morgan fingerprint density at radius 2 is 1.60 bits per heavy atom. The standard InChI is InChI=1S/C67H97ClN10O17/c1-39(2)60(73-56(80)24-27-92-29-30-93-28-25-70-61(84)48(21-22-58(82)83)72-55(79)23-26-78-46(38-75(9)69-8)34-45-18-14-15-19-49(45)78)62(85)71-42(5)63(86)76(10)43(6)64(87)95-54-35-57(81)77(11)50-32-44(33-51(90-12)59(50)68)31-40(3)17-16-20-53(91-13)67(89)37-52(94-65(88)74-67)41(4)47-36-66(47,54)7/h14-20,32-34,39,41-43,47-48,52-54,60,69,89H,21-31,35-38H2,1-13H3,(H,70,84)(H,71,85)(H,72,79)(H,73,80)(H,74,88)(H,82,83)/b20-16+,40-17+/t41-,42-,43-,47-,48-,52-,53+,54-,60?,66-,67-/m0/s1. The highest BCUT2D eigenvalue weighted by Crippen LogP contribution is 2.61. The molecule has 0 radical (unpaired) electrons. The lowest BCUT2D eigenvalue weighted by Gasteiger charge is -2.42. The lowest BCUT2D eigenvalue weighted by Crippen LogP contribution is -2.63. The van der Waals surface area contributed by atoms with Crippen LogP contribution >= 0.6 is 11.6 Å². The number of allylic oxidation sites excluding steroid dienone is 3. The summed E-state index contributed by atoms with van der Waals surface area (Å²) >= 11 is 6.87. The number of aliphatic carboxylic acids is 1. The maximum Gasteiger partial charge on any atom is 0.409 e. The van der Waals surface area contributed by atoms with Gasteiger partial charge in [0.1, 0.15) is 53.3 Å². The van der Waals surface area contributed by atoms with Crippen LogP contribution in [0, 0.1) is 23.2 Å². The van der Waals surface area contributed by atoms with Crippen molar-refractivity contribution in [2.75, 3.05) is 80.3 Å². The van der Waals surface area contributed by atoms with Crippen molar-refractivity contribution in [3.8, 4) is 5.75 Å². The number of esters is 1. The monoisotopic (exact) mass is 1350 g/mol. The van der Waals surface area contributed by atoms with E-state index in [0.717, 1.165) is 32.6 Å². The number of nitrogens with one attached hydrogen (secondary N) is 6. The molecular weight excluding hydrogens is 1250 g/mol. The molecule has 6 rings (SSSR count). The Hall–Kier alpha value is -7.66. The SMILES string of the molecule is CNN(C)Cc1cc2ccccc2n1CCC(=O)N[C@@H](CCC(=O)O)C(=O)NCCOCCOCCC(=O)NC(C(=O)N[C@@H](C)C(=O)N(C)[C@@H](C)C(=O)O[C@H]1CC(=O)N(C)c2cc(cc(OC)c2Cl)C/C(C)=C/C=C/[C@@H](OC)[C@@]2(O)C[C@H](OC(=O)N2)[C@@H](C)[C@@H]2C[C@]12C)C(C)C. The van der Waals surface area contributed by atoms with Gasteiger partial charge < -0.3 is 74.3 Å². The number of carbonyl (C=O) groups is 9. The van der Waals surface area contributed by atoms with Crippen LogP contribution < -0.4 is 41.6 Å². The molecule has 3 heterocycles. The average molecular weight is 1350 g/mol. The summed E-state index contributed by atoms with van der Waals surface area (Å²) in [7, 11) is 9.54. The third-order valence-electron chi connectivity index (χ3n) is 18.1. The Morgan fingerprint density at radius 1 is 0.905 bits per heavy atom. The van der Waals surface area contributed by atoms with E-state index >= 15 is 0 Å². The largest absolute Gasteiger partial charge is 0.495 e. The molecule has 1 saturated carbocycles. The van der Waals surface area contributed by atoms with E-state index in [-0.39, 0.29) is 82.4 Å². The molecule has 28 heteroatoms. The van der Waals surface area contributed by atoms with Gasteiger partial charge in [0, 0.05) is 83.7 Å². The zero-order valence-electron chi connectivity index (χ0n) is 56.8. The Kier molecular flexibility index (Phi) is 28.0. The number of aryl methyl sites for hydroxylation is 1. The van der Waals surface area contributed by atoms with Crippen molar-refractivity contribution in [1.29, 1.82) is 0 Å². The zero-order chi connectivity index (χ0) is 70.1. The number of anilines is 1. The Labute approximate surface area is 560 Å². The number of halogens is 1. The van der Waals surface area contributed by atoms with Crippen LogP contribution in [-0.2, 0) is 81.6 Å². The van der Waals surface area contributed by atoms with Gasteiger partial charge in [0.05, 0.1) is 52.2 Å². The first-order valence-corrected chi connectivity index (χ1v) is 32.5. The summed E-state index contributed by atoms with van der Waals surface area (Å²) in [6.07, 6.45) is 1.40. The van der Waals surface area contributed by atoms with E-state index in [1.165, 1.54) is 40.0 Å². The fourth-order valence-corrected chi connectivity index (χ4v) is 12.4. The highest BCUT2D eigenvalue weighted by atomic mass is 35.5. The molecule has 0 spiro atoms. The molecule has 27 nitrogen and oxygen atoms in total. The van der Waals surface area contributed by atoms with Crippen molar-refractivity contribution < 1.29 is 81.8 Å². The van der Waals surface area contributed by atoms with Crippen LogP contribution in [0.25, 0.3) is 10.9 Å². The molecule has 524 valence electrons. The Balaban J connectivity index is 0.981. The second-order valence-electron chi connectivity index (χ2n) is 25.5. The summed E-state index contributed by atoms with van der Waals surface area (Å²) in [4.78, 5) is 123. The van der Waals surface area contributed by atoms with Crippen molar-refractivity contribution in [2.24, 2.45) is 23.2 Å². The molecule has 2 aliphatic heterocycles. The van der Waals surface area contributed by atoms with Crippen molar-refractivity contribution in [2.45, 2.75) is 161 Å². The number of alkyl carbamates (subject to hydrolysis) is 1. The maximum absolute atomic E-state index is 14.5. The second kappa shape index (κ2) is 34.8. The molecule has 2 aromatic carbocycles. The highest BCUT2D eigenvalue weighted by molar-refractivity contribution is 6.35. The van der Waals surface area contributed by atoms with Crippen LogP contribution in [0.4, 0.5) is 10.5 Å². The van der Waals surface area contributed by atoms with E-state index in [1.54, 1.807) is 45.2 Å². The Bertz CT molecular complexity index is 3290. The number of hydrogen-bond donors (Lipinski definition) is 8. The number of amides is 7. The van der Waals surface area contributed by atoms with E-state index in [0.29, 0.717) is 37.4 Å². The van der Waals surface area contributed by atoms with Crippen LogP contribution in [0.2, 0.25) is 5.02 Å². The summed E-state index contributed by atoms with van der Waals surface area (Å²) in [5, 5.41) is 37.7. The van der Waals surface area contributed by atoms with Crippen molar-refractivity contribution in [1.82, 2.24) is 46.5 Å². The van der Waals surface area contributed by atoms with E-state index in [2.05, 4.69) is 38.1 Å². The number of hydrogen-bond acceptors (Lipinski definition) is 18. The second-order valence-corrected chi connectivity index (χ2v) is 25.8. The smallest absolute Gasteiger partial charge is 0.409 e. The molecule has 3 aliphatic rings. The number of rotatable bonds is 30. The minimum atomic E-state index is -1.86. The van der Waals surface area contributed by atoms with Crippen LogP contribution in [0.3, 0.4) is 0 Å². The number of carbonyl (C=O) groups excluding carboxylic acids is 8. The molecule has 1 aromatic heterocycles. The molecule has 1 aliphatic carbocycles. The van der Waals surface area contributed by atoms with E-state index in [1.807, 2.05) is 74.8 Å². The van der Waals surface area contributed by atoms with Gasteiger partial charge in [0.25, 0.3) is 0 Å². The molecule has 7 amide bonds. The average Bonchev–Trinajstić information content (AvgIpc) is 1.60. The topological polar surface area (TPSA) is 336 Å². The first-order valence-electron chi connectivity index (χ1n) is 32.1. The van der Waals surface area contributed by atoms with Gasteiger partial charge in [-0.05, 0) is 100 Å². The van der Waals surface area contributed by atoms with Crippen LogP contribution in [0.1, 0.15) is 105 Å². The van der Waals surface area contributed by atoms with Crippen molar-refractivity contribution >= 4 is 81.7 Å². The van der Waals surface area contributed by atoms with Gasteiger partial charge >= 0.3 is 18.0 Å². The van der Waals surface area contributed by atoms with E-state index in [4.69, 9.17) is 40.0 Å². The lowest BCUT2D eigenvalue weighted by molar-refractivity contribution is -0.163. The Morgan fingerprint density at radius 3 is 2.27 bits per heavy atom. The minimum Gasteiger partial charge on any atom is -0.495 e. The minimum absolute atomic E-state index is 0.0309. The van der Waals surface area contributed by atoms with Gasteiger partial charge in [-0.1, -0.05) is 81.3 Å². The van der Waals surface area contributed by atoms with Gasteiger partial charge in [0.15, 0.2) is 5.72 Å². The zero-order valence-corrected chi connectivity index (χ0v) is 57.6. The summed E-state index contributed by atoms with van der Waals surface area (Å²) < 4.78 is 36.7. The van der Waals surface area contributed by atoms with Crippen LogP contribution in [0.5, 0.6) is 5.75 Å². The first-order chi connectivity index (χ1) is 44.9. The van der Waals surface area contributed by atoms with Gasteiger partial charge in [-0.3, -0.25) is 44.3 Å². The fraction of sp³-hybridized carbons (Fsp3) is 0.597. The summed E-state index contributed by atoms with van der Waals surface area (Å²) in [5.74, 6) is -6.02. The summed E-state index contributed by atoms with van der Waals surface area (Å²) in [6.45, 7) is 13.2. The van der Waals surface area contributed by atoms with Crippen LogP contribution in [0.15, 0.2) is 66.3 Å². The number of methoxy groups -OCH3 is 2. The number of carboxylic acids is 1. The predicted octanol–water partition coefficient (Wildman–Crippen LogP) is 4.53. The molecule has 11 atom stereocenters. The molecule has 95 heavy (non-hydrogen) atoms. The maximum atomic E-state index is 14.5. The molecule has 8 N–H and O–H groups in total.